The average molecular weight is 367 g/mol. The molecule has 2 N–H and O–H groups in total. The highest BCUT2D eigenvalue weighted by atomic mass is 32.1. The molecule has 0 radical (unpaired) electrons. The molecule has 134 valence electrons. The van der Waals surface area contributed by atoms with Gasteiger partial charge in [-0.3, -0.25) is 4.79 Å². The standard InChI is InChI=1S/C17H19F2N3O2S/c1-10-15(11-4-6-13(7-5-11)24-16(18)19)22-17(25-10)21-14(23)9-12-3-2-8-20-12/h4-7,12,16,20H,2-3,8-9H2,1H3,(H,21,22,23). The van der Waals surface area contributed by atoms with Gasteiger partial charge in [-0.1, -0.05) is 0 Å². The number of hydrogen-bond donors (Lipinski definition) is 2. The quantitative estimate of drug-likeness (QED) is 0.815. The van der Waals surface area contributed by atoms with E-state index in [1.54, 1.807) is 12.1 Å². The van der Waals surface area contributed by atoms with E-state index in [2.05, 4.69) is 20.4 Å². The number of thiazole rings is 1. The van der Waals surface area contributed by atoms with Gasteiger partial charge in [-0.25, -0.2) is 4.98 Å². The predicted molar refractivity (Wildman–Crippen MR) is 93.2 cm³/mol. The van der Waals surface area contributed by atoms with Crippen LogP contribution in [0.5, 0.6) is 5.75 Å². The maximum Gasteiger partial charge on any atom is 0.387 e. The van der Waals surface area contributed by atoms with E-state index >= 15 is 0 Å². The number of ether oxygens (including phenoxy) is 1. The van der Waals surface area contributed by atoms with Gasteiger partial charge in [0.05, 0.1) is 5.69 Å². The smallest absolute Gasteiger partial charge is 0.387 e. The van der Waals surface area contributed by atoms with Crippen LogP contribution >= 0.6 is 11.3 Å². The van der Waals surface area contributed by atoms with E-state index in [1.165, 1.54) is 23.5 Å². The molecule has 25 heavy (non-hydrogen) atoms. The molecule has 1 fully saturated rings. The molecule has 1 aliphatic heterocycles. The molecule has 1 atom stereocenters. The molecule has 1 aromatic heterocycles. The zero-order valence-corrected chi connectivity index (χ0v) is 14.5. The Morgan fingerprint density at radius 2 is 2.20 bits per heavy atom. The number of hydrogen-bond acceptors (Lipinski definition) is 5. The second kappa shape index (κ2) is 7.88. The topological polar surface area (TPSA) is 63.2 Å². The fourth-order valence-corrected chi connectivity index (χ4v) is 3.69. The largest absolute Gasteiger partial charge is 0.435 e. The molecule has 2 aromatic rings. The molecule has 2 heterocycles. The number of carbonyl (C=O) groups excluding carboxylic acids is 1. The Kier molecular flexibility index (Phi) is 5.60. The highest BCUT2D eigenvalue weighted by Crippen LogP contribution is 2.31. The number of anilines is 1. The lowest BCUT2D eigenvalue weighted by Gasteiger charge is -2.08. The van der Waals surface area contributed by atoms with Gasteiger partial charge in [0, 0.05) is 22.9 Å². The van der Waals surface area contributed by atoms with Crippen LogP contribution in [0.25, 0.3) is 11.3 Å². The van der Waals surface area contributed by atoms with Crippen LogP contribution in [0.4, 0.5) is 13.9 Å². The lowest BCUT2D eigenvalue weighted by atomic mass is 10.1. The minimum Gasteiger partial charge on any atom is -0.435 e. The Morgan fingerprint density at radius 3 is 2.84 bits per heavy atom. The number of aromatic nitrogens is 1. The molecule has 1 aliphatic rings. The molecule has 1 aromatic carbocycles. The van der Waals surface area contributed by atoms with Gasteiger partial charge in [0.1, 0.15) is 5.75 Å². The van der Waals surface area contributed by atoms with Crippen molar-refractivity contribution in [2.45, 2.75) is 38.8 Å². The lowest BCUT2D eigenvalue weighted by Crippen LogP contribution is -2.27. The summed E-state index contributed by atoms with van der Waals surface area (Å²) in [4.78, 5) is 17.5. The first-order valence-corrected chi connectivity index (χ1v) is 8.89. The first-order chi connectivity index (χ1) is 12.0. The minimum absolute atomic E-state index is 0.0552. The van der Waals surface area contributed by atoms with Crippen LogP contribution in [0, 0.1) is 6.92 Å². The van der Waals surface area contributed by atoms with Crippen molar-refractivity contribution in [1.29, 1.82) is 0 Å². The summed E-state index contributed by atoms with van der Waals surface area (Å²) >= 11 is 1.40. The van der Waals surface area contributed by atoms with Crippen molar-refractivity contribution in [3.05, 3.63) is 29.1 Å². The number of halogens is 2. The zero-order chi connectivity index (χ0) is 17.8. The summed E-state index contributed by atoms with van der Waals surface area (Å²) in [7, 11) is 0. The second-order valence-corrected chi connectivity index (χ2v) is 7.08. The molecule has 1 saturated heterocycles. The van der Waals surface area contributed by atoms with Gasteiger partial charge in [-0.2, -0.15) is 8.78 Å². The van der Waals surface area contributed by atoms with E-state index in [9.17, 15) is 13.6 Å². The molecule has 3 rings (SSSR count). The molecular weight excluding hydrogens is 348 g/mol. The van der Waals surface area contributed by atoms with Crippen molar-refractivity contribution >= 4 is 22.4 Å². The second-order valence-electron chi connectivity index (χ2n) is 5.87. The first kappa shape index (κ1) is 17.8. The number of carbonyl (C=O) groups is 1. The van der Waals surface area contributed by atoms with Crippen molar-refractivity contribution in [3.8, 4) is 17.0 Å². The Hall–Kier alpha value is -2.06. The highest BCUT2D eigenvalue weighted by Gasteiger charge is 2.19. The van der Waals surface area contributed by atoms with Gasteiger partial charge in [0.15, 0.2) is 5.13 Å². The molecular formula is C17H19F2N3O2S. The van der Waals surface area contributed by atoms with E-state index in [0.29, 0.717) is 11.6 Å². The van der Waals surface area contributed by atoms with Crippen LogP contribution < -0.4 is 15.4 Å². The third kappa shape index (κ3) is 4.73. The molecule has 0 saturated carbocycles. The maximum absolute atomic E-state index is 12.2. The molecule has 0 aliphatic carbocycles. The summed E-state index contributed by atoms with van der Waals surface area (Å²) in [6.45, 7) is 0.0251. The molecule has 1 amide bonds. The number of amides is 1. The fraction of sp³-hybridized carbons (Fsp3) is 0.412. The monoisotopic (exact) mass is 367 g/mol. The van der Waals surface area contributed by atoms with Gasteiger partial charge in [0.2, 0.25) is 5.91 Å². The SMILES string of the molecule is Cc1sc(NC(=O)CC2CCCN2)nc1-c1ccc(OC(F)F)cc1. The Balaban J connectivity index is 1.66. The van der Waals surface area contributed by atoms with Gasteiger partial charge in [-0.15, -0.1) is 11.3 Å². The predicted octanol–water partition coefficient (Wildman–Crippen LogP) is 3.80. The molecule has 0 spiro atoms. The average Bonchev–Trinajstić information content (AvgIpc) is 3.17. The van der Waals surface area contributed by atoms with Crippen molar-refractivity contribution in [2.24, 2.45) is 0 Å². The van der Waals surface area contributed by atoms with Crippen LogP contribution in [0.1, 0.15) is 24.1 Å². The number of benzene rings is 1. The highest BCUT2D eigenvalue weighted by molar-refractivity contribution is 7.16. The third-order valence-corrected chi connectivity index (χ3v) is 4.88. The normalized spacial score (nSPS) is 17.0. The summed E-state index contributed by atoms with van der Waals surface area (Å²) in [5.41, 5.74) is 1.51. The van der Waals surface area contributed by atoms with Gasteiger partial charge < -0.3 is 15.4 Å². The number of nitrogens with one attached hydrogen (secondary N) is 2. The summed E-state index contributed by atoms with van der Waals surface area (Å²) < 4.78 is 28.7. The molecule has 0 bridgehead atoms. The first-order valence-electron chi connectivity index (χ1n) is 8.07. The Bertz CT molecular complexity index is 728. The van der Waals surface area contributed by atoms with Crippen molar-refractivity contribution in [3.63, 3.8) is 0 Å². The van der Waals surface area contributed by atoms with Crippen LogP contribution in [0.15, 0.2) is 24.3 Å². The number of alkyl halides is 2. The van der Waals surface area contributed by atoms with Crippen molar-refractivity contribution in [2.75, 3.05) is 11.9 Å². The van der Waals surface area contributed by atoms with Crippen molar-refractivity contribution < 1.29 is 18.3 Å². The third-order valence-electron chi connectivity index (χ3n) is 3.99. The Morgan fingerprint density at radius 1 is 1.44 bits per heavy atom. The summed E-state index contributed by atoms with van der Waals surface area (Å²) in [5, 5.41) is 6.68. The van der Waals surface area contributed by atoms with Crippen LogP contribution in [0.3, 0.4) is 0 Å². The van der Waals surface area contributed by atoms with E-state index < -0.39 is 6.61 Å². The van der Waals surface area contributed by atoms with Crippen LogP contribution in [-0.2, 0) is 4.79 Å². The maximum atomic E-state index is 12.2. The van der Waals surface area contributed by atoms with E-state index in [1.807, 2.05) is 6.92 Å². The van der Waals surface area contributed by atoms with Crippen LogP contribution in [-0.4, -0.2) is 30.1 Å². The Labute approximate surface area is 148 Å². The van der Waals surface area contributed by atoms with Crippen molar-refractivity contribution in [1.82, 2.24) is 10.3 Å². The van der Waals surface area contributed by atoms with Gasteiger partial charge >= 0.3 is 6.61 Å². The minimum atomic E-state index is -2.84. The number of aryl methyl sites for hydroxylation is 1. The molecule has 5 nitrogen and oxygen atoms in total. The molecule has 8 heteroatoms. The number of rotatable bonds is 6. The van der Waals surface area contributed by atoms with E-state index in [4.69, 9.17) is 0 Å². The van der Waals surface area contributed by atoms with Gasteiger partial charge in [-0.05, 0) is 50.6 Å². The summed E-state index contributed by atoms with van der Waals surface area (Å²) in [5.74, 6) is 0.0459. The summed E-state index contributed by atoms with van der Waals surface area (Å²) in [6.07, 6.45) is 2.56. The van der Waals surface area contributed by atoms with Crippen LogP contribution in [0.2, 0.25) is 0 Å². The zero-order valence-electron chi connectivity index (χ0n) is 13.7. The lowest BCUT2D eigenvalue weighted by molar-refractivity contribution is -0.116. The van der Waals surface area contributed by atoms with E-state index in [-0.39, 0.29) is 17.7 Å². The van der Waals surface area contributed by atoms with E-state index in [0.717, 1.165) is 35.5 Å². The fourth-order valence-electron chi connectivity index (χ4n) is 2.84. The number of nitrogens with zero attached hydrogens (tertiary/aromatic N) is 1. The van der Waals surface area contributed by atoms with Gasteiger partial charge in [0.25, 0.3) is 0 Å². The summed E-state index contributed by atoms with van der Waals surface area (Å²) in [6, 6.07) is 6.54. The molecule has 1 unspecified atom stereocenters.